The molecular formula is C8H11N3O4. The number of aryl methyl sites for hydroxylation is 1. The maximum atomic E-state index is 11.3. The molecule has 0 saturated carbocycles. The lowest BCUT2D eigenvalue weighted by Crippen LogP contribution is -2.36. The monoisotopic (exact) mass is 213 g/mol. The Morgan fingerprint density at radius 1 is 1.67 bits per heavy atom. The molecule has 0 saturated heterocycles. The Bertz CT molecular complexity index is 374. The maximum Gasteiger partial charge on any atom is 0.334 e. The number of nitrogens with one attached hydrogen (secondary N) is 1. The van der Waals surface area contributed by atoms with Crippen molar-refractivity contribution < 1.29 is 19.8 Å². The fourth-order valence-electron chi connectivity index (χ4n) is 0.903. The van der Waals surface area contributed by atoms with Crippen LogP contribution < -0.4 is 5.32 Å². The molecular weight excluding hydrogens is 202 g/mol. The first-order valence-electron chi connectivity index (χ1n) is 4.19. The summed E-state index contributed by atoms with van der Waals surface area (Å²) in [4.78, 5) is 21.5. The molecule has 1 rings (SSSR count). The smallest absolute Gasteiger partial charge is 0.334 e. The number of aliphatic hydroxyl groups excluding tert-OH is 1. The standard InChI is InChI=1S/C8H11N3O4/c1-11-3-2-5(10-11)7(13)9-4-6(12)8(14)15/h2-3,6,12H,4H2,1H3,(H,9,13)(H,14,15)/t6-/m0/s1. The van der Waals surface area contributed by atoms with Gasteiger partial charge in [0.15, 0.2) is 6.10 Å². The SMILES string of the molecule is Cn1ccc(C(=O)NC[C@H](O)C(=O)O)n1. The van der Waals surface area contributed by atoms with E-state index in [4.69, 9.17) is 10.2 Å². The predicted molar refractivity (Wildman–Crippen MR) is 49.2 cm³/mol. The lowest BCUT2D eigenvalue weighted by atomic mass is 10.3. The fraction of sp³-hybridized carbons (Fsp3) is 0.375. The summed E-state index contributed by atoms with van der Waals surface area (Å²) in [7, 11) is 1.66. The van der Waals surface area contributed by atoms with Crippen LogP contribution in [0.15, 0.2) is 12.3 Å². The number of aromatic nitrogens is 2. The molecule has 1 aromatic heterocycles. The highest BCUT2D eigenvalue weighted by atomic mass is 16.4. The van der Waals surface area contributed by atoms with Crippen LogP contribution in [0.3, 0.4) is 0 Å². The third kappa shape index (κ3) is 3.06. The van der Waals surface area contributed by atoms with Gasteiger partial charge in [-0.2, -0.15) is 5.10 Å². The van der Waals surface area contributed by atoms with E-state index in [0.717, 1.165) is 0 Å². The van der Waals surface area contributed by atoms with Crippen LogP contribution in [0, 0.1) is 0 Å². The number of aliphatic carboxylic acids is 1. The average Bonchev–Trinajstić information content (AvgIpc) is 2.60. The number of hydrogen-bond donors (Lipinski definition) is 3. The van der Waals surface area contributed by atoms with Gasteiger partial charge in [0.05, 0.1) is 6.54 Å². The van der Waals surface area contributed by atoms with E-state index in [1.807, 2.05) is 0 Å². The average molecular weight is 213 g/mol. The van der Waals surface area contributed by atoms with Gasteiger partial charge in [-0.25, -0.2) is 4.79 Å². The molecule has 0 unspecified atom stereocenters. The molecule has 0 fully saturated rings. The van der Waals surface area contributed by atoms with Gasteiger partial charge in [-0.05, 0) is 6.07 Å². The maximum absolute atomic E-state index is 11.3. The van der Waals surface area contributed by atoms with Crippen molar-refractivity contribution in [1.82, 2.24) is 15.1 Å². The molecule has 0 radical (unpaired) electrons. The largest absolute Gasteiger partial charge is 0.479 e. The molecule has 3 N–H and O–H groups in total. The number of hydrogen-bond acceptors (Lipinski definition) is 4. The summed E-state index contributed by atoms with van der Waals surface area (Å²) in [5, 5.41) is 23.3. The molecule has 0 bridgehead atoms. The zero-order valence-corrected chi connectivity index (χ0v) is 8.04. The lowest BCUT2D eigenvalue weighted by Gasteiger charge is -2.05. The van der Waals surface area contributed by atoms with Gasteiger partial charge in [-0.15, -0.1) is 0 Å². The summed E-state index contributed by atoms with van der Waals surface area (Å²) < 4.78 is 1.45. The number of carboxylic acid groups (broad SMARTS) is 1. The summed E-state index contributed by atoms with van der Waals surface area (Å²) in [6, 6.07) is 1.49. The number of rotatable bonds is 4. The van der Waals surface area contributed by atoms with E-state index in [9.17, 15) is 9.59 Å². The summed E-state index contributed by atoms with van der Waals surface area (Å²) in [5.74, 6) is -1.90. The van der Waals surface area contributed by atoms with Crippen molar-refractivity contribution in [1.29, 1.82) is 0 Å². The summed E-state index contributed by atoms with van der Waals surface area (Å²) in [5.41, 5.74) is 0.176. The zero-order chi connectivity index (χ0) is 11.4. The highest BCUT2D eigenvalue weighted by molar-refractivity contribution is 5.92. The van der Waals surface area contributed by atoms with Crippen LogP contribution in [0.1, 0.15) is 10.5 Å². The van der Waals surface area contributed by atoms with Crippen molar-refractivity contribution in [3.8, 4) is 0 Å². The number of amides is 1. The van der Waals surface area contributed by atoms with Crippen LogP contribution in [0.25, 0.3) is 0 Å². The molecule has 1 aromatic rings. The second-order valence-electron chi connectivity index (χ2n) is 2.94. The predicted octanol–water partition coefficient (Wildman–Crippen LogP) is -1.40. The second-order valence-corrected chi connectivity index (χ2v) is 2.94. The molecule has 1 amide bonds. The summed E-state index contributed by atoms with van der Waals surface area (Å²) >= 11 is 0. The van der Waals surface area contributed by atoms with Crippen LogP contribution in [0.4, 0.5) is 0 Å². The van der Waals surface area contributed by atoms with Crippen LogP contribution in [0.5, 0.6) is 0 Å². The normalized spacial score (nSPS) is 12.1. The Kier molecular flexibility index (Phi) is 3.40. The lowest BCUT2D eigenvalue weighted by molar-refractivity contribution is -0.146. The topological polar surface area (TPSA) is 104 Å². The second kappa shape index (κ2) is 4.56. The highest BCUT2D eigenvalue weighted by Crippen LogP contribution is 1.93. The van der Waals surface area contributed by atoms with Gasteiger partial charge >= 0.3 is 5.97 Å². The minimum Gasteiger partial charge on any atom is -0.479 e. The minimum atomic E-state index is -1.60. The van der Waals surface area contributed by atoms with E-state index < -0.39 is 18.0 Å². The van der Waals surface area contributed by atoms with Crippen LogP contribution in [0.2, 0.25) is 0 Å². The molecule has 0 aliphatic rings. The first-order valence-corrected chi connectivity index (χ1v) is 4.19. The molecule has 7 heteroatoms. The quantitative estimate of drug-likeness (QED) is 0.570. The van der Waals surface area contributed by atoms with Crippen molar-refractivity contribution in [2.75, 3.05) is 6.54 Å². The van der Waals surface area contributed by atoms with E-state index in [1.54, 1.807) is 13.2 Å². The fourth-order valence-corrected chi connectivity index (χ4v) is 0.903. The van der Waals surface area contributed by atoms with Crippen molar-refractivity contribution >= 4 is 11.9 Å². The Labute approximate surface area is 85.3 Å². The molecule has 1 heterocycles. The van der Waals surface area contributed by atoms with Crippen molar-refractivity contribution in [2.24, 2.45) is 7.05 Å². The molecule has 7 nitrogen and oxygen atoms in total. The van der Waals surface area contributed by atoms with Crippen molar-refractivity contribution in [3.05, 3.63) is 18.0 Å². The number of aliphatic hydroxyl groups is 1. The van der Waals surface area contributed by atoms with E-state index in [1.165, 1.54) is 10.7 Å². The Hall–Kier alpha value is -1.89. The van der Waals surface area contributed by atoms with Crippen LogP contribution in [-0.4, -0.2) is 44.5 Å². The Balaban J connectivity index is 2.47. The summed E-state index contributed by atoms with van der Waals surface area (Å²) in [6.07, 6.45) is -0.0135. The van der Waals surface area contributed by atoms with Crippen LogP contribution in [-0.2, 0) is 11.8 Å². The third-order valence-electron chi connectivity index (χ3n) is 1.69. The number of carboxylic acids is 1. The summed E-state index contributed by atoms with van der Waals surface area (Å²) in [6.45, 7) is -0.343. The first-order chi connectivity index (χ1) is 7.00. The van der Waals surface area contributed by atoms with Gasteiger partial charge in [-0.1, -0.05) is 0 Å². The zero-order valence-electron chi connectivity index (χ0n) is 8.04. The molecule has 82 valence electrons. The Morgan fingerprint density at radius 3 is 2.80 bits per heavy atom. The number of nitrogens with zero attached hydrogens (tertiary/aromatic N) is 2. The van der Waals surface area contributed by atoms with Crippen LogP contribution >= 0.6 is 0 Å². The number of carbonyl (C=O) groups excluding carboxylic acids is 1. The third-order valence-corrected chi connectivity index (χ3v) is 1.69. The Morgan fingerprint density at radius 2 is 2.33 bits per heavy atom. The molecule has 0 aromatic carbocycles. The van der Waals surface area contributed by atoms with E-state index in [0.29, 0.717) is 0 Å². The first kappa shape index (κ1) is 11.2. The van der Waals surface area contributed by atoms with Gasteiger partial charge in [0.2, 0.25) is 0 Å². The minimum absolute atomic E-state index is 0.176. The highest BCUT2D eigenvalue weighted by Gasteiger charge is 2.15. The van der Waals surface area contributed by atoms with Gasteiger partial charge in [0, 0.05) is 13.2 Å². The van der Waals surface area contributed by atoms with E-state index in [-0.39, 0.29) is 12.2 Å². The van der Waals surface area contributed by atoms with Gasteiger partial charge in [-0.3, -0.25) is 9.48 Å². The van der Waals surface area contributed by atoms with Crippen molar-refractivity contribution in [2.45, 2.75) is 6.10 Å². The van der Waals surface area contributed by atoms with E-state index >= 15 is 0 Å². The van der Waals surface area contributed by atoms with Gasteiger partial charge in [0.25, 0.3) is 5.91 Å². The van der Waals surface area contributed by atoms with Gasteiger partial charge < -0.3 is 15.5 Å². The van der Waals surface area contributed by atoms with Gasteiger partial charge in [0.1, 0.15) is 5.69 Å². The number of carbonyl (C=O) groups is 2. The molecule has 15 heavy (non-hydrogen) atoms. The molecule has 0 aliphatic heterocycles. The molecule has 0 aliphatic carbocycles. The van der Waals surface area contributed by atoms with E-state index in [2.05, 4.69) is 10.4 Å². The molecule has 1 atom stereocenters. The molecule has 0 spiro atoms. The van der Waals surface area contributed by atoms with Crippen molar-refractivity contribution in [3.63, 3.8) is 0 Å².